The summed E-state index contributed by atoms with van der Waals surface area (Å²) in [5.41, 5.74) is 0. The van der Waals surface area contributed by atoms with Gasteiger partial charge in [0.2, 0.25) is 0 Å². The Bertz CT molecular complexity index is 81.0. The van der Waals surface area contributed by atoms with Crippen LogP contribution in [-0.2, 0) is 36.8 Å². The van der Waals surface area contributed by atoms with Gasteiger partial charge in [-0.15, -0.1) is 0 Å². The predicted octanol–water partition coefficient (Wildman–Crippen LogP) is -6.63. The number of carboxylic acid groups (broad SMARTS) is 2. The third-order valence-corrected chi connectivity index (χ3v) is 0.167. The van der Waals surface area contributed by atoms with Crippen molar-refractivity contribution >= 4 is 11.9 Å². The first-order valence-corrected chi connectivity index (χ1v) is 1.07. The van der Waals surface area contributed by atoms with Crippen molar-refractivity contribution in [1.82, 2.24) is 0 Å². The minimum atomic E-state index is -2.19. The van der Waals surface area contributed by atoms with Gasteiger partial charge in [-0.1, -0.05) is 0 Å². The van der Waals surface area contributed by atoms with Crippen molar-refractivity contribution in [2.24, 2.45) is 0 Å². The van der Waals surface area contributed by atoms with E-state index in [4.69, 9.17) is 19.8 Å². The third kappa shape index (κ3) is 17.9. The smallest absolute Gasteiger partial charge is 2.00 e. The van der Waals surface area contributed by atoms with Crippen LogP contribution in [0, 0.1) is 0 Å². The topological polar surface area (TPSA) is 109 Å². The molecule has 5 nitrogen and oxygen atoms in total. The monoisotopic (exact) mass is 159 g/mol. The Balaban J connectivity index is -0.0000000417. The average molecular weight is 159 g/mol. The summed E-state index contributed by atoms with van der Waals surface area (Å²) in [6.07, 6.45) is 0. The molecule has 0 fully saturated rings. The van der Waals surface area contributed by atoms with E-state index in [1.807, 2.05) is 0 Å². The zero-order chi connectivity index (χ0) is 5.15. The Morgan fingerprint density at radius 2 is 1.11 bits per heavy atom. The van der Waals surface area contributed by atoms with Crippen molar-refractivity contribution in [3.63, 3.8) is 0 Å². The van der Waals surface area contributed by atoms with Gasteiger partial charge in [0.15, 0.2) is 0 Å². The molecular weight excluding hydrogens is 159 g/mol. The Labute approximate surface area is 77.8 Å². The standard InChI is InChI=1S/C2H2O4.Li.O.Ti/c3-1(4)2(5)6;;;/h(H,3,4)(H,5,6);;;/q;+1;-2;+4/p-2. The Hall–Kier alpha value is 0.212. The molecule has 0 aliphatic carbocycles. The molecule has 0 atom stereocenters. The molecule has 0 aromatic rings. The van der Waals surface area contributed by atoms with E-state index in [1.54, 1.807) is 0 Å². The van der Waals surface area contributed by atoms with E-state index in [2.05, 4.69) is 0 Å². The first-order chi connectivity index (χ1) is 2.64. The SMILES string of the molecule is O=C([O-])C(=O)[O-].[Li+].[O-2].[Ti+4]. The quantitative estimate of drug-likeness (QED) is 0.258. The van der Waals surface area contributed by atoms with Gasteiger partial charge in [-0.25, -0.2) is 0 Å². The van der Waals surface area contributed by atoms with Crippen LogP contribution in [0.25, 0.3) is 0 Å². The predicted molar refractivity (Wildman–Crippen MR) is 10.7 cm³/mol. The van der Waals surface area contributed by atoms with Crippen molar-refractivity contribution in [1.29, 1.82) is 0 Å². The van der Waals surface area contributed by atoms with E-state index < -0.39 is 11.9 Å². The largest absolute Gasteiger partial charge is 4.00 e. The van der Waals surface area contributed by atoms with E-state index in [-0.39, 0.29) is 46.1 Å². The summed E-state index contributed by atoms with van der Waals surface area (Å²) in [5.74, 6) is -4.37. The van der Waals surface area contributed by atoms with Crippen LogP contribution in [0.5, 0.6) is 0 Å². The maximum Gasteiger partial charge on any atom is 4.00 e. The van der Waals surface area contributed by atoms with Crippen LogP contribution in [0.3, 0.4) is 0 Å². The summed E-state index contributed by atoms with van der Waals surface area (Å²) in [4.78, 5) is 17.9. The minimum absolute atomic E-state index is 0. The van der Waals surface area contributed by atoms with Gasteiger partial charge < -0.3 is 25.3 Å². The van der Waals surface area contributed by atoms with E-state index in [0.29, 0.717) is 0 Å². The van der Waals surface area contributed by atoms with Gasteiger partial charge in [-0.05, 0) is 0 Å². The summed E-state index contributed by atoms with van der Waals surface area (Å²) < 4.78 is 0. The molecule has 0 rings (SSSR count). The molecule has 0 saturated heterocycles. The molecule has 0 aliphatic rings. The van der Waals surface area contributed by atoms with Gasteiger partial charge in [-0.2, -0.15) is 0 Å². The van der Waals surface area contributed by atoms with Crippen LogP contribution in [0.4, 0.5) is 0 Å². The molecule has 0 aromatic heterocycles. The molecule has 7 heteroatoms. The van der Waals surface area contributed by atoms with E-state index >= 15 is 0 Å². The van der Waals surface area contributed by atoms with Crippen LogP contribution in [0.2, 0.25) is 0 Å². The first-order valence-electron chi connectivity index (χ1n) is 1.07. The zero-order valence-corrected chi connectivity index (χ0v) is 6.10. The third-order valence-electron chi connectivity index (χ3n) is 0.167. The summed E-state index contributed by atoms with van der Waals surface area (Å²) in [6.45, 7) is 0. The average Bonchev–Trinajstić information content (AvgIpc) is 1.36. The van der Waals surface area contributed by atoms with Crippen molar-refractivity contribution in [3.05, 3.63) is 0 Å². The van der Waals surface area contributed by atoms with Gasteiger partial charge in [-0.3, -0.25) is 0 Å². The van der Waals surface area contributed by atoms with Crippen LogP contribution < -0.4 is 29.1 Å². The Morgan fingerprint density at radius 1 is 1.00 bits per heavy atom. The molecule has 42 valence electrons. The van der Waals surface area contributed by atoms with Crippen molar-refractivity contribution in [2.45, 2.75) is 0 Å². The van der Waals surface area contributed by atoms with Crippen LogP contribution in [0.15, 0.2) is 0 Å². The molecule has 0 aromatic carbocycles. The van der Waals surface area contributed by atoms with E-state index in [1.165, 1.54) is 0 Å². The fourth-order valence-electron chi connectivity index (χ4n) is 0. The molecule has 0 amide bonds. The van der Waals surface area contributed by atoms with Gasteiger partial charge in [0.1, 0.15) is 0 Å². The molecule has 0 heterocycles. The number of carbonyl (C=O) groups is 2. The second-order valence-electron chi connectivity index (χ2n) is 0.575. The number of carboxylic acids is 2. The van der Waals surface area contributed by atoms with Gasteiger partial charge in [0.05, 0.1) is 11.9 Å². The summed E-state index contributed by atoms with van der Waals surface area (Å²) in [7, 11) is 0. The molecular formula is C2LiO5Ti+. The van der Waals surface area contributed by atoms with Crippen molar-refractivity contribution in [2.75, 3.05) is 0 Å². The number of aliphatic carboxylic acids is 2. The van der Waals surface area contributed by atoms with Gasteiger partial charge in [0.25, 0.3) is 0 Å². The van der Waals surface area contributed by atoms with Crippen LogP contribution in [-0.4, -0.2) is 11.9 Å². The second-order valence-corrected chi connectivity index (χ2v) is 0.575. The van der Waals surface area contributed by atoms with E-state index in [9.17, 15) is 0 Å². The van der Waals surface area contributed by atoms with Gasteiger partial charge in [0, 0.05) is 0 Å². The molecule has 0 aliphatic heterocycles. The molecule has 0 spiro atoms. The number of carbonyl (C=O) groups excluding carboxylic acids is 2. The number of hydrogen-bond acceptors (Lipinski definition) is 4. The maximum absolute atomic E-state index is 8.93. The summed E-state index contributed by atoms with van der Waals surface area (Å²) in [5, 5.41) is 17.9. The molecule has 0 N–H and O–H groups in total. The first kappa shape index (κ1) is 22.9. The summed E-state index contributed by atoms with van der Waals surface area (Å²) >= 11 is 0. The molecule has 0 bridgehead atoms. The number of rotatable bonds is 0. The van der Waals surface area contributed by atoms with Crippen LogP contribution >= 0.6 is 0 Å². The molecule has 9 heavy (non-hydrogen) atoms. The minimum Gasteiger partial charge on any atom is -2.00 e. The van der Waals surface area contributed by atoms with E-state index in [0.717, 1.165) is 0 Å². The summed E-state index contributed by atoms with van der Waals surface area (Å²) in [6, 6.07) is 0. The molecule has 0 radical (unpaired) electrons. The molecule has 0 unspecified atom stereocenters. The fraction of sp³-hybridized carbons (Fsp3) is 0. The second kappa shape index (κ2) is 11.1. The van der Waals surface area contributed by atoms with Crippen LogP contribution in [0.1, 0.15) is 0 Å². The van der Waals surface area contributed by atoms with Gasteiger partial charge >= 0.3 is 40.6 Å². The normalized spacial score (nSPS) is 4.89. The van der Waals surface area contributed by atoms with Crippen molar-refractivity contribution in [3.8, 4) is 0 Å². The Kier molecular flexibility index (Phi) is 28.1. The number of hydrogen-bond donors (Lipinski definition) is 0. The van der Waals surface area contributed by atoms with Crippen molar-refractivity contribution < 1.29 is 65.9 Å². The molecule has 0 saturated carbocycles. The zero-order valence-electron chi connectivity index (χ0n) is 4.54. The Morgan fingerprint density at radius 3 is 1.11 bits per heavy atom. The fourth-order valence-corrected chi connectivity index (χ4v) is 0. The maximum atomic E-state index is 8.93.